The SMILES string of the molecule is CC(C)CCC(CC(=O)c1nc2ccccc2n1CC(F)(F)F)[C@H]1C[C@@H](C(=O)O)CN(C(=O)OC(C)(C)C)C1. The quantitative estimate of drug-likeness (QED) is 0.372. The fourth-order valence-electron chi connectivity index (χ4n) is 5.14. The number of likely N-dealkylation sites (tertiary alicyclic amines) is 1. The average molecular weight is 554 g/mol. The summed E-state index contributed by atoms with van der Waals surface area (Å²) in [6, 6.07) is 6.30. The van der Waals surface area contributed by atoms with E-state index in [9.17, 15) is 32.7 Å². The molecule has 0 spiro atoms. The highest BCUT2D eigenvalue weighted by atomic mass is 19.4. The molecule has 0 bridgehead atoms. The number of carbonyl (C=O) groups is 3. The number of carboxylic acids is 1. The van der Waals surface area contributed by atoms with Gasteiger partial charge >= 0.3 is 18.2 Å². The predicted molar refractivity (Wildman–Crippen MR) is 139 cm³/mol. The monoisotopic (exact) mass is 553 g/mol. The van der Waals surface area contributed by atoms with E-state index in [0.29, 0.717) is 17.9 Å². The molecule has 1 fully saturated rings. The minimum absolute atomic E-state index is 0.00697. The smallest absolute Gasteiger partial charge is 0.410 e. The van der Waals surface area contributed by atoms with Gasteiger partial charge in [0.2, 0.25) is 0 Å². The van der Waals surface area contributed by atoms with Crippen LogP contribution < -0.4 is 0 Å². The van der Waals surface area contributed by atoms with Crippen molar-refractivity contribution in [3.8, 4) is 0 Å². The molecule has 1 aromatic carbocycles. The number of alkyl halides is 3. The van der Waals surface area contributed by atoms with Crippen LogP contribution in [-0.4, -0.2) is 62.3 Å². The van der Waals surface area contributed by atoms with Gasteiger partial charge in [-0.2, -0.15) is 13.2 Å². The summed E-state index contributed by atoms with van der Waals surface area (Å²) in [6.45, 7) is 8.06. The van der Waals surface area contributed by atoms with Crippen molar-refractivity contribution in [2.75, 3.05) is 13.1 Å². The van der Waals surface area contributed by atoms with Crippen molar-refractivity contribution in [3.05, 3.63) is 30.1 Å². The number of hydrogen-bond acceptors (Lipinski definition) is 5. The molecule has 39 heavy (non-hydrogen) atoms. The van der Waals surface area contributed by atoms with E-state index in [2.05, 4.69) is 4.98 Å². The second kappa shape index (κ2) is 12.0. The minimum Gasteiger partial charge on any atom is -0.481 e. The average Bonchev–Trinajstić information content (AvgIpc) is 3.17. The lowest BCUT2D eigenvalue weighted by Gasteiger charge is -2.40. The van der Waals surface area contributed by atoms with E-state index in [-0.39, 0.29) is 49.1 Å². The van der Waals surface area contributed by atoms with Gasteiger partial charge in [0.25, 0.3) is 0 Å². The Kier molecular flexibility index (Phi) is 9.33. The Morgan fingerprint density at radius 2 is 1.77 bits per heavy atom. The standard InChI is InChI=1S/C28H38F3N3O5/c1-17(2)10-11-18(19-12-20(25(36)37)15-33(14-19)26(38)39-27(3,4)5)13-23(35)24-32-21-8-6-7-9-22(21)34(24)16-28(29,30)31/h6-9,17-20H,10-16H2,1-5H3,(H,36,37)/t18?,19-,20+/m0/s1. The minimum atomic E-state index is -4.55. The molecule has 1 aliphatic heterocycles. The van der Waals surface area contributed by atoms with Crippen LogP contribution in [0.4, 0.5) is 18.0 Å². The van der Waals surface area contributed by atoms with Gasteiger partial charge in [0.1, 0.15) is 12.1 Å². The number of carbonyl (C=O) groups excluding carboxylic acids is 2. The molecule has 1 amide bonds. The number of piperidine rings is 1. The van der Waals surface area contributed by atoms with Crippen molar-refractivity contribution in [3.63, 3.8) is 0 Å². The number of rotatable bonds is 9. The summed E-state index contributed by atoms with van der Waals surface area (Å²) in [7, 11) is 0. The number of benzene rings is 1. The number of ketones is 1. The largest absolute Gasteiger partial charge is 0.481 e. The first kappa shape index (κ1) is 30.4. The first-order valence-electron chi connectivity index (χ1n) is 13.3. The van der Waals surface area contributed by atoms with Crippen LogP contribution in [0.15, 0.2) is 24.3 Å². The van der Waals surface area contributed by atoms with Crippen LogP contribution in [0.3, 0.4) is 0 Å². The first-order chi connectivity index (χ1) is 18.0. The molecular weight excluding hydrogens is 515 g/mol. The molecule has 1 unspecified atom stereocenters. The van der Waals surface area contributed by atoms with Crippen molar-refractivity contribution >= 4 is 28.9 Å². The van der Waals surface area contributed by atoms with E-state index in [4.69, 9.17) is 4.74 Å². The molecule has 1 aliphatic rings. The Bertz CT molecular complexity index is 1190. The van der Waals surface area contributed by atoms with Crippen LogP contribution in [0.2, 0.25) is 0 Å². The van der Waals surface area contributed by atoms with E-state index in [0.717, 1.165) is 11.0 Å². The lowest BCUT2D eigenvalue weighted by atomic mass is 9.76. The topological polar surface area (TPSA) is 102 Å². The molecule has 3 atom stereocenters. The lowest BCUT2D eigenvalue weighted by Crippen LogP contribution is -2.49. The third kappa shape index (κ3) is 8.44. The van der Waals surface area contributed by atoms with Crippen LogP contribution in [0.1, 0.15) is 70.9 Å². The molecule has 1 aromatic heterocycles. The van der Waals surface area contributed by atoms with Crippen molar-refractivity contribution in [1.29, 1.82) is 0 Å². The Hall–Kier alpha value is -3.11. The maximum absolute atomic E-state index is 13.6. The molecule has 2 heterocycles. The van der Waals surface area contributed by atoms with Gasteiger partial charge in [-0.3, -0.25) is 9.59 Å². The summed E-state index contributed by atoms with van der Waals surface area (Å²) in [4.78, 5) is 44.1. The zero-order valence-electron chi connectivity index (χ0n) is 23.1. The van der Waals surface area contributed by atoms with Gasteiger partial charge in [-0.15, -0.1) is 0 Å². The summed E-state index contributed by atoms with van der Waals surface area (Å²) in [6.07, 6.45) is -3.74. The molecule has 11 heteroatoms. The normalized spacial score (nSPS) is 19.4. The molecule has 0 radical (unpaired) electrons. The Balaban J connectivity index is 1.93. The maximum Gasteiger partial charge on any atom is 0.410 e. The van der Waals surface area contributed by atoms with Gasteiger partial charge in [-0.1, -0.05) is 32.4 Å². The van der Waals surface area contributed by atoms with Crippen molar-refractivity contribution in [2.24, 2.45) is 23.7 Å². The number of nitrogens with zero attached hydrogens (tertiary/aromatic N) is 3. The molecule has 1 saturated heterocycles. The molecule has 0 aliphatic carbocycles. The number of hydrogen-bond donors (Lipinski definition) is 1. The molecule has 1 N–H and O–H groups in total. The lowest BCUT2D eigenvalue weighted by molar-refractivity contribution is -0.144. The maximum atomic E-state index is 13.6. The third-order valence-corrected chi connectivity index (χ3v) is 6.95. The van der Waals surface area contributed by atoms with Gasteiger partial charge in [-0.25, -0.2) is 9.78 Å². The highest BCUT2D eigenvalue weighted by molar-refractivity contribution is 5.96. The van der Waals surface area contributed by atoms with E-state index >= 15 is 0 Å². The number of aliphatic carboxylic acids is 1. The van der Waals surface area contributed by atoms with Gasteiger partial charge in [0.15, 0.2) is 11.6 Å². The van der Waals surface area contributed by atoms with Crippen LogP contribution in [0.25, 0.3) is 11.0 Å². The summed E-state index contributed by atoms with van der Waals surface area (Å²) in [5, 5.41) is 9.81. The van der Waals surface area contributed by atoms with Crippen LogP contribution >= 0.6 is 0 Å². The molecule has 2 aromatic rings. The molecule has 0 saturated carbocycles. The molecule has 3 rings (SSSR count). The Morgan fingerprint density at radius 3 is 2.36 bits per heavy atom. The molecular formula is C28H38F3N3O5. The van der Waals surface area contributed by atoms with Crippen molar-refractivity contribution in [1.82, 2.24) is 14.5 Å². The predicted octanol–water partition coefficient (Wildman–Crippen LogP) is 6.18. The Morgan fingerprint density at radius 1 is 1.10 bits per heavy atom. The van der Waals surface area contributed by atoms with Crippen molar-refractivity contribution < 1.29 is 37.4 Å². The Labute approximate surface area is 226 Å². The van der Waals surface area contributed by atoms with Gasteiger partial charge < -0.3 is 19.3 Å². The van der Waals surface area contributed by atoms with Crippen molar-refractivity contribution in [2.45, 2.75) is 78.6 Å². The summed E-state index contributed by atoms with van der Waals surface area (Å²) in [5.41, 5.74) is -0.256. The number of Topliss-reactive ketones (excluding diaryl/α,β-unsaturated/α-hetero) is 1. The fraction of sp³-hybridized carbons (Fsp3) is 0.643. The van der Waals surface area contributed by atoms with Crippen LogP contribution in [0.5, 0.6) is 0 Å². The number of ether oxygens (including phenoxy) is 1. The van der Waals surface area contributed by atoms with E-state index in [1.54, 1.807) is 39.0 Å². The number of para-hydroxylation sites is 2. The van der Waals surface area contributed by atoms with Crippen LogP contribution in [-0.2, 0) is 16.1 Å². The van der Waals surface area contributed by atoms with Gasteiger partial charge in [-0.05, 0) is 63.5 Å². The number of imidazole rings is 1. The van der Waals surface area contributed by atoms with Gasteiger partial charge in [0, 0.05) is 19.5 Å². The second-order valence-electron chi connectivity index (χ2n) is 11.9. The first-order valence-corrected chi connectivity index (χ1v) is 13.3. The number of fused-ring (bicyclic) bond motifs is 1. The summed E-state index contributed by atoms with van der Waals surface area (Å²) < 4.78 is 46.7. The molecule has 8 nitrogen and oxygen atoms in total. The van der Waals surface area contributed by atoms with Gasteiger partial charge in [0.05, 0.1) is 17.0 Å². The van der Waals surface area contributed by atoms with E-state index < -0.39 is 42.1 Å². The van der Waals surface area contributed by atoms with E-state index in [1.807, 2.05) is 13.8 Å². The fourth-order valence-corrected chi connectivity index (χ4v) is 5.14. The third-order valence-electron chi connectivity index (χ3n) is 6.95. The molecule has 216 valence electrons. The summed E-state index contributed by atoms with van der Waals surface area (Å²) in [5.74, 6) is -3.11. The highest BCUT2D eigenvalue weighted by Crippen LogP contribution is 2.35. The number of halogens is 3. The highest BCUT2D eigenvalue weighted by Gasteiger charge is 2.40. The van der Waals surface area contributed by atoms with Crippen LogP contribution in [0, 0.1) is 23.7 Å². The number of amides is 1. The number of aromatic nitrogens is 2. The second-order valence-corrected chi connectivity index (χ2v) is 11.9. The number of carboxylic acid groups (broad SMARTS) is 1. The summed E-state index contributed by atoms with van der Waals surface area (Å²) >= 11 is 0. The zero-order valence-corrected chi connectivity index (χ0v) is 23.1. The van der Waals surface area contributed by atoms with E-state index in [1.165, 1.54) is 11.0 Å². The zero-order chi connectivity index (χ0) is 29.1.